The Morgan fingerprint density at radius 1 is 1.06 bits per heavy atom. The number of nitrogens with zero attached hydrogens (tertiary/aromatic N) is 2. The van der Waals surface area contributed by atoms with E-state index in [9.17, 15) is 9.18 Å². The minimum absolute atomic E-state index is 0.131. The Balaban J connectivity index is 1.45. The van der Waals surface area contributed by atoms with E-state index in [-0.39, 0.29) is 17.6 Å². The van der Waals surface area contributed by atoms with Gasteiger partial charge in [-0.15, -0.1) is 0 Å². The Labute approximate surface area is 184 Å². The van der Waals surface area contributed by atoms with Gasteiger partial charge in [-0.3, -0.25) is 9.69 Å². The number of hydrogen-bond acceptors (Lipinski definition) is 2. The Morgan fingerprint density at radius 2 is 1.87 bits per heavy atom. The number of unbranched alkanes of at least 4 members (excludes halogenated alkanes) is 1. The highest BCUT2D eigenvalue weighted by Gasteiger charge is 2.25. The summed E-state index contributed by atoms with van der Waals surface area (Å²) in [6, 6.07) is 17.5. The standard InChI is InChI=1S/C26H32FN3O/c1-2-3-13-28-26(31)21-11-14-29(15-12-21)19-24-17-22-8-4-5-10-25(22)30(24)18-20-7-6-9-23(27)16-20/h4-10,16-17,21H,2-3,11-15,18-19H2,1H3,(H,28,31). The van der Waals surface area contributed by atoms with Crippen LogP contribution in [0.15, 0.2) is 54.6 Å². The summed E-state index contributed by atoms with van der Waals surface area (Å²) in [6.07, 6.45) is 3.95. The normalized spacial score (nSPS) is 15.4. The highest BCUT2D eigenvalue weighted by atomic mass is 19.1. The van der Waals surface area contributed by atoms with Crippen LogP contribution in [0.5, 0.6) is 0 Å². The molecule has 0 atom stereocenters. The van der Waals surface area contributed by atoms with Crippen LogP contribution in [0.1, 0.15) is 43.9 Å². The van der Waals surface area contributed by atoms with Crippen molar-refractivity contribution in [1.29, 1.82) is 0 Å². The Bertz CT molecular complexity index is 1020. The highest BCUT2D eigenvalue weighted by Crippen LogP contribution is 2.25. The summed E-state index contributed by atoms with van der Waals surface area (Å²) in [6.45, 7) is 6.26. The van der Waals surface area contributed by atoms with E-state index in [1.807, 2.05) is 6.07 Å². The van der Waals surface area contributed by atoms with Crippen molar-refractivity contribution in [2.24, 2.45) is 5.92 Å². The third-order valence-electron chi connectivity index (χ3n) is 6.30. The van der Waals surface area contributed by atoms with E-state index < -0.39 is 0 Å². The van der Waals surface area contributed by atoms with E-state index in [4.69, 9.17) is 0 Å². The minimum Gasteiger partial charge on any atom is -0.356 e. The molecule has 3 aromatic rings. The van der Waals surface area contributed by atoms with E-state index in [0.29, 0.717) is 6.54 Å². The molecule has 0 aliphatic carbocycles. The summed E-state index contributed by atoms with van der Waals surface area (Å²) in [5.74, 6) is 0.148. The number of fused-ring (bicyclic) bond motifs is 1. The molecule has 5 heteroatoms. The van der Waals surface area contributed by atoms with Gasteiger partial charge in [-0.1, -0.05) is 43.7 Å². The Hall–Kier alpha value is -2.66. The topological polar surface area (TPSA) is 37.3 Å². The fourth-order valence-corrected chi connectivity index (χ4v) is 4.52. The van der Waals surface area contributed by atoms with Crippen LogP contribution < -0.4 is 5.32 Å². The molecule has 0 spiro atoms. The van der Waals surface area contributed by atoms with Gasteiger partial charge >= 0.3 is 0 Å². The van der Waals surface area contributed by atoms with Crippen molar-refractivity contribution < 1.29 is 9.18 Å². The number of benzene rings is 2. The third kappa shape index (κ3) is 5.34. The van der Waals surface area contributed by atoms with Crippen molar-refractivity contribution >= 4 is 16.8 Å². The minimum atomic E-state index is -0.199. The molecule has 2 heterocycles. The molecule has 2 aromatic carbocycles. The smallest absolute Gasteiger partial charge is 0.223 e. The van der Waals surface area contributed by atoms with Gasteiger partial charge < -0.3 is 9.88 Å². The van der Waals surface area contributed by atoms with E-state index >= 15 is 0 Å². The lowest BCUT2D eigenvalue weighted by molar-refractivity contribution is -0.126. The van der Waals surface area contributed by atoms with Gasteiger partial charge in [0.1, 0.15) is 5.82 Å². The van der Waals surface area contributed by atoms with E-state index in [1.54, 1.807) is 12.1 Å². The van der Waals surface area contributed by atoms with Crippen molar-refractivity contribution in [1.82, 2.24) is 14.8 Å². The average Bonchev–Trinajstić information content (AvgIpc) is 3.11. The van der Waals surface area contributed by atoms with Crippen molar-refractivity contribution in [3.8, 4) is 0 Å². The largest absolute Gasteiger partial charge is 0.356 e. The third-order valence-corrected chi connectivity index (χ3v) is 6.30. The molecule has 0 saturated carbocycles. The molecule has 1 aromatic heterocycles. The number of likely N-dealkylation sites (tertiary alicyclic amines) is 1. The van der Waals surface area contributed by atoms with Crippen LogP contribution in [0.25, 0.3) is 10.9 Å². The predicted octanol–water partition coefficient (Wildman–Crippen LogP) is 4.96. The number of carbonyl (C=O) groups is 1. The van der Waals surface area contributed by atoms with Gasteiger partial charge in [0.15, 0.2) is 0 Å². The average molecular weight is 422 g/mol. The molecule has 4 rings (SSSR count). The first-order valence-electron chi connectivity index (χ1n) is 11.5. The van der Waals surface area contributed by atoms with Crippen LogP contribution in [0.3, 0.4) is 0 Å². The number of hydrogen-bond donors (Lipinski definition) is 1. The first-order chi connectivity index (χ1) is 15.1. The summed E-state index contributed by atoms with van der Waals surface area (Å²) in [7, 11) is 0. The summed E-state index contributed by atoms with van der Waals surface area (Å²) >= 11 is 0. The molecule has 4 nitrogen and oxygen atoms in total. The van der Waals surface area contributed by atoms with Crippen LogP contribution in [0.2, 0.25) is 0 Å². The second-order valence-corrected chi connectivity index (χ2v) is 8.61. The molecule has 1 N–H and O–H groups in total. The maximum atomic E-state index is 13.7. The van der Waals surface area contributed by atoms with Gasteiger partial charge in [0.2, 0.25) is 5.91 Å². The number of amides is 1. The maximum Gasteiger partial charge on any atom is 0.223 e. The van der Waals surface area contributed by atoms with E-state index in [2.05, 4.69) is 52.0 Å². The second-order valence-electron chi connectivity index (χ2n) is 8.61. The molecule has 0 radical (unpaired) electrons. The lowest BCUT2D eigenvalue weighted by atomic mass is 9.95. The number of rotatable bonds is 8. The molecule has 1 saturated heterocycles. The van der Waals surface area contributed by atoms with Gasteiger partial charge in [-0.25, -0.2) is 4.39 Å². The quantitative estimate of drug-likeness (QED) is 0.522. The van der Waals surface area contributed by atoms with Gasteiger partial charge in [-0.05, 0) is 67.6 Å². The molecule has 31 heavy (non-hydrogen) atoms. The van der Waals surface area contributed by atoms with E-state index in [0.717, 1.165) is 57.4 Å². The second kappa shape index (κ2) is 10.1. The van der Waals surface area contributed by atoms with Crippen LogP contribution in [-0.2, 0) is 17.9 Å². The monoisotopic (exact) mass is 421 g/mol. The molecule has 164 valence electrons. The first kappa shape index (κ1) is 21.6. The van der Waals surface area contributed by atoms with Gasteiger partial charge in [-0.2, -0.15) is 0 Å². The zero-order chi connectivity index (χ0) is 21.6. The molecular formula is C26H32FN3O. The molecule has 1 aliphatic heterocycles. The van der Waals surface area contributed by atoms with Crippen LogP contribution in [-0.4, -0.2) is 35.0 Å². The lowest BCUT2D eigenvalue weighted by Crippen LogP contribution is -2.40. The Morgan fingerprint density at radius 3 is 2.65 bits per heavy atom. The van der Waals surface area contributed by atoms with Crippen molar-refractivity contribution in [3.63, 3.8) is 0 Å². The molecule has 1 amide bonds. The van der Waals surface area contributed by atoms with Gasteiger partial charge in [0.05, 0.1) is 0 Å². The number of para-hydroxylation sites is 1. The predicted molar refractivity (Wildman–Crippen MR) is 123 cm³/mol. The molecule has 0 unspecified atom stereocenters. The van der Waals surface area contributed by atoms with Crippen LogP contribution in [0, 0.1) is 11.7 Å². The number of piperidine rings is 1. The summed E-state index contributed by atoms with van der Waals surface area (Å²) < 4.78 is 16.0. The molecule has 1 aliphatic rings. The number of halogens is 1. The summed E-state index contributed by atoms with van der Waals surface area (Å²) in [4.78, 5) is 14.8. The number of carbonyl (C=O) groups excluding carboxylic acids is 1. The maximum absolute atomic E-state index is 13.7. The van der Waals surface area contributed by atoms with Gasteiger partial charge in [0, 0.05) is 36.8 Å². The Kier molecular flexibility index (Phi) is 7.03. The zero-order valence-corrected chi connectivity index (χ0v) is 18.3. The zero-order valence-electron chi connectivity index (χ0n) is 18.3. The summed E-state index contributed by atoms with van der Waals surface area (Å²) in [5.41, 5.74) is 3.37. The number of aromatic nitrogens is 1. The van der Waals surface area contributed by atoms with Crippen molar-refractivity contribution in [2.45, 2.75) is 45.7 Å². The SMILES string of the molecule is CCCCNC(=O)C1CCN(Cc2cc3ccccc3n2Cc2cccc(F)c2)CC1. The van der Waals surface area contributed by atoms with Crippen LogP contribution in [0.4, 0.5) is 4.39 Å². The lowest BCUT2D eigenvalue weighted by Gasteiger charge is -2.31. The molecule has 0 bridgehead atoms. The fourth-order valence-electron chi connectivity index (χ4n) is 4.52. The highest BCUT2D eigenvalue weighted by molar-refractivity contribution is 5.81. The molecule has 1 fully saturated rings. The van der Waals surface area contributed by atoms with Gasteiger partial charge in [0.25, 0.3) is 0 Å². The first-order valence-corrected chi connectivity index (χ1v) is 11.5. The number of nitrogens with one attached hydrogen (secondary N) is 1. The van der Waals surface area contributed by atoms with E-state index in [1.165, 1.54) is 22.7 Å². The van der Waals surface area contributed by atoms with Crippen molar-refractivity contribution in [2.75, 3.05) is 19.6 Å². The summed E-state index contributed by atoms with van der Waals surface area (Å²) in [5, 5.41) is 4.29. The van der Waals surface area contributed by atoms with Crippen molar-refractivity contribution in [3.05, 3.63) is 71.7 Å². The van der Waals surface area contributed by atoms with Crippen LogP contribution >= 0.6 is 0 Å². The fraction of sp³-hybridized carbons (Fsp3) is 0.423. The molecular weight excluding hydrogens is 389 g/mol.